The first-order valence-electron chi connectivity index (χ1n) is 11.2. The van der Waals surface area contributed by atoms with E-state index in [0.717, 1.165) is 39.0 Å². The summed E-state index contributed by atoms with van der Waals surface area (Å²) in [4.78, 5) is 17.9. The fourth-order valence-corrected chi connectivity index (χ4v) is 4.23. The molecule has 2 N–H and O–H groups in total. The first-order valence-corrected chi connectivity index (χ1v) is 11.6. The SMILES string of the molecule is COc1ccc(CN(Cc2cc3cc(C)ccc3[nH]c2=O)C(=S)Nc2ccc(C)cc2C)cc1. The molecule has 5 nitrogen and oxygen atoms in total. The van der Waals surface area contributed by atoms with E-state index in [1.165, 1.54) is 5.56 Å². The molecule has 0 unspecified atom stereocenters. The van der Waals surface area contributed by atoms with Gasteiger partial charge in [-0.2, -0.15) is 0 Å². The summed E-state index contributed by atoms with van der Waals surface area (Å²) in [6.07, 6.45) is 0. The molecule has 1 aromatic heterocycles. The zero-order valence-corrected chi connectivity index (χ0v) is 20.8. The number of hydrogen-bond donors (Lipinski definition) is 2. The molecule has 4 aromatic rings. The van der Waals surface area contributed by atoms with E-state index < -0.39 is 0 Å². The van der Waals surface area contributed by atoms with E-state index in [9.17, 15) is 4.79 Å². The maximum atomic E-state index is 12.9. The van der Waals surface area contributed by atoms with Crippen LogP contribution < -0.4 is 15.6 Å². The highest BCUT2D eigenvalue weighted by Gasteiger charge is 2.15. The Balaban J connectivity index is 1.66. The van der Waals surface area contributed by atoms with Crippen molar-refractivity contribution < 1.29 is 4.74 Å². The average Bonchev–Trinajstić information content (AvgIpc) is 2.81. The number of pyridine rings is 1. The Bertz CT molecular complexity index is 1390. The van der Waals surface area contributed by atoms with E-state index in [1.54, 1.807) is 7.11 Å². The number of aromatic nitrogens is 1. The van der Waals surface area contributed by atoms with Crippen LogP contribution in [-0.2, 0) is 13.1 Å². The number of aryl methyl sites for hydroxylation is 3. The van der Waals surface area contributed by atoms with Crippen molar-refractivity contribution in [3.8, 4) is 5.75 Å². The number of thiocarbonyl (C=S) groups is 1. The Hall–Kier alpha value is -3.64. The smallest absolute Gasteiger partial charge is 0.253 e. The quantitative estimate of drug-likeness (QED) is 0.345. The Labute approximate surface area is 205 Å². The Kier molecular flexibility index (Phi) is 6.98. The van der Waals surface area contributed by atoms with Gasteiger partial charge in [0.25, 0.3) is 5.56 Å². The second-order valence-electron chi connectivity index (χ2n) is 8.67. The zero-order valence-electron chi connectivity index (χ0n) is 19.9. The van der Waals surface area contributed by atoms with Gasteiger partial charge in [0.1, 0.15) is 5.75 Å². The summed E-state index contributed by atoms with van der Waals surface area (Å²) in [6.45, 7) is 7.10. The first kappa shape index (κ1) is 23.5. The zero-order chi connectivity index (χ0) is 24.2. The van der Waals surface area contributed by atoms with Crippen LogP contribution in [0.4, 0.5) is 5.69 Å². The van der Waals surface area contributed by atoms with E-state index >= 15 is 0 Å². The fraction of sp³-hybridized carbons (Fsp3) is 0.214. The van der Waals surface area contributed by atoms with E-state index in [1.807, 2.05) is 60.4 Å². The molecule has 0 saturated carbocycles. The molecular formula is C28H29N3O2S. The molecule has 0 spiro atoms. The number of benzene rings is 3. The van der Waals surface area contributed by atoms with Crippen LogP contribution in [0.3, 0.4) is 0 Å². The lowest BCUT2D eigenvalue weighted by Crippen LogP contribution is -2.35. The Morgan fingerprint density at radius 3 is 2.35 bits per heavy atom. The number of nitrogens with zero attached hydrogens (tertiary/aromatic N) is 1. The van der Waals surface area contributed by atoms with Gasteiger partial charge in [-0.15, -0.1) is 0 Å². The van der Waals surface area contributed by atoms with Crippen molar-refractivity contribution in [2.45, 2.75) is 33.9 Å². The van der Waals surface area contributed by atoms with Crippen molar-refractivity contribution in [2.75, 3.05) is 12.4 Å². The third-order valence-corrected chi connectivity index (χ3v) is 6.24. The lowest BCUT2D eigenvalue weighted by Gasteiger charge is -2.27. The highest BCUT2D eigenvalue weighted by Crippen LogP contribution is 2.20. The molecular weight excluding hydrogens is 442 g/mol. The van der Waals surface area contributed by atoms with Gasteiger partial charge >= 0.3 is 0 Å². The molecule has 174 valence electrons. The van der Waals surface area contributed by atoms with Crippen LogP contribution in [0.5, 0.6) is 5.75 Å². The number of nitrogens with one attached hydrogen (secondary N) is 2. The summed E-state index contributed by atoms with van der Waals surface area (Å²) < 4.78 is 5.29. The molecule has 3 aromatic carbocycles. The number of H-pyrrole nitrogens is 1. The van der Waals surface area contributed by atoms with Crippen molar-refractivity contribution in [1.29, 1.82) is 0 Å². The number of methoxy groups -OCH3 is 1. The largest absolute Gasteiger partial charge is 0.497 e. The average molecular weight is 472 g/mol. The normalized spacial score (nSPS) is 10.8. The predicted octanol–water partition coefficient (Wildman–Crippen LogP) is 5.86. The first-order chi connectivity index (χ1) is 16.3. The van der Waals surface area contributed by atoms with Gasteiger partial charge in [-0.3, -0.25) is 4.79 Å². The molecule has 1 heterocycles. The lowest BCUT2D eigenvalue weighted by molar-refractivity contribution is 0.406. The molecule has 0 aliphatic rings. The number of hydrogen-bond acceptors (Lipinski definition) is 3. The van der Waals surface area contributed by atoms with Gasteiger partial charge in [0.05, 0.1) is 13.7 Å². The predicted molar refractivity (Wildman–Crippen MR) is 144 cm³/mol. The molecule has 0 bridgehead atoms. The van der Waals surface area contributed by atoms with Gasteiger partial charge in [-0.25, -0.2) is 0 Å². The number of anilines is 1. The van der Waals surface area contributed by atoms with Crippen LogP contribution in [0.2, 0.25) is 0 Å². The topological polar surface area (TPSA) is 57.4 Å². The number of fused-ring (bicyclic) bond motifs is 1. The lowest BCUT2D eigenvalue weighted by atomic mass is 10.1. The molecule has 0 amide bonds. The van der Waals surface area contributed by atoms with E-state index in [-0.39, 0.29) is 5.56 Å². The van der Waals surface area contributed by atoms with Gasteiger partial charge in [0, 0.05) is 23.3 Å². The van der Waals surface area contributed by atoms with Crippen molar-refractivity contribution in [3.05, 3.63) is 105 Å². The van der Waals surface area contributed by atoms with Crippen molar-refractivity contribution in [1.82, 2.24) is 9.88 Å². The monoisotopic (exact) mass is 471 g/mol. The second kappa shape index (κ2) is 10.1. The summed E-state index contributed by atoms with van der Waals surface area (Å²) >= 11 is 5.83. The third kappa shape index (κ3) is 5.46. The third-order valence-electron chi connectivity index (χ3n) is 5.88. The Morgan fingerprint density at radius 2 is 1.65 bits per heavy atom. The van der Waals surface area contributed by atoms with E-state index in [0.29, 0.717) is 23.8 Å². The van der Waals surface area contributed by atoms with Gasteiger partial charge in [-0.1, -0.05) is 41.5 Å². The van der Waals surface area contributed by atoms with Crippen LogP contribution in [0, 0.1) is 20.8 Å². The summed E-state index contributed by atoms with van der Waals surface area (Å²) in [5, 5.41) is 4.96. The van der Waals surface area contributed by atoms with E-state index in [2.05, 4.69) is 42.3 Å². The van der Waals surface area contributed by atoms with Gasteiger partial charge in [0.2, 0.25) is 0 Å². The van der Waals surface area contributed by atoms with Crippen LogP contribution in [0.1, 0.15) is 27.8 Å². The molecule has 0 atom stereocenters. The van der Waals surface area contributed by atoms with E-state index in [4.69, 9.17) is 17.0 Å². The number of rotatable bonds is 6. The maximum Gasteiger partial charge on any atom is 0.253 e. The van der Waals surface area contributed by atoms with Crippen LogP contribution >= 0.6 is 12.2 Å². The highest BCUT2D eigenvalue weighted by atomic mass is 32.1. The molecule has 0 saturated heterocycles. The highest BCUT2D eigenvalue weighted by molar-refractivity contribution is 7.80. The van der Waals surface area contributed by atoms with Crippen molar-refractivity contribution >= 4 is 33.9 Å². The van der Waals surface area contributed by atoms with Crippen molar-refractivity contribution in [2.24, 2.45) is 0 Å². The summed E-state index contributed by atoms with van der Waals surface area (Å²) in [5.41, 5.74) is 6.87. The summed E-state index contributed by atoms with van der Waals surface area (Å²) in [6, 6.07) is 22.1. The molecule has 6 heteroatoms. The molecule has 34 heavy (non-hydrogen) atoms. The van der Waals surface area contributed by atoms with Crippen molar-refractivity contribution in [3.63, 3.8) is 0 Å². The molecule has 0 aliphatic heterocycles. The summed E-state index contributed by atoms with van der Waals surface area (Å²) in [5.74, 6) is 0.799. The van der Waals surface area contributed by atoms with Crippen LogP contribution in [0.25, 0.3) is 10.9 Å². The molecule has 0 radical (unpaired) electrons. The summed E-state index contributed by atoms with van der Waals surface area (Å²) in [7, 11) is 1.65. The number of ether oxygens (including phenoxy) is 1. The Morgan fingerprint density at radius 1 is 0.941 bits per heavy atom. The van der Waals surface area contributed by atoms with Gasteiger partial charge < -0.3 is 19.9 Å². The minimum Gasteiger partial charge on any atom is -0.497 e. The van der Waals surface area contributed by atoms with Gasteiger partial charge in [0.15, 0.2) is 5.11 Å². The van der Waals surface area contributed by atoms with Gasteiger partial charge in [-0.05, 0) is 85.9 Å². The number of aromatic amines is 1. The fourth-order valence-electron chi connectivity index (χ4n) is 3.99. The minimum atomic E-state index is -0.106. The molecule has 0 fully saturated rings. The molecule has 4 rings (SSSR count). The standard InChI is InChI=1S/C28H29N3O2S/c1-18-5-11-25(20(3)13-18)30-28(34)31(16-21-7-9-24(33-4)10-8-21)17-23-15-22-14-19(2)6-12-26(22)29-27(23)32/h5-15H,16-17H2,1-4H3,(H,29,32)(H,30,34). The van der Waals surface area contributed by atoms with Crippen LogP contribution in [0.15, 0.2) is 71.5 Å². The second-order valence-corrected chi connectivity index (χ2v) is 9.05. The van der Waals surface area contributed by atoms with Crippen LogP contribution in [-0.4, -0.2) is 22.1 Å². The molecule has 0 aliphatic carbocycles. The minimum absolute atomic E-state index is 0.106. The maximum absolute atomic E-state index is 12.9.